The summed E-state index contributed by atoms with van der Waals surface area (Å²) in [7, 11) is 3.44. The summed E-state index contributed by atoms with van der Waals surface area (Å²) in [6, 6.07) is 11.9. The van der Waals surface area contributed by atoms with Crippen molar-refractivity contribution in [1.82, 2.24) is 9.78 Å². The van der Waals surface area contributed by atoms with Crippen LogP contribution in [-0.2, 0) is 13.7 Å². The molecule has 0 N–H and O–H groups in total. The fourth-order valence-corrected chi connectivity index (χ4v) is 3.14. The lowest BCUT2D eigenvalue weighted by atomic mass is 10.1. The molecule has 0 amide bonds. The van der Waals surface area contributed by atoms with Gasteiger partial charge < -0.3 is 9.47 Å². The molecule has 0 fully saturated rings. The molecule has 0 aliphatic heterocycles. The van der Waals surface area contributed by atoms with Crippen LogP contribution in [0.3, 0.4) is 0 Å². The number of ether oxygens (including phenoxy) is 2. The summed E-state index contributed by atoms with van der Waals surface area (Å²) in [5, 5.41) is 4.22. The van der Waals surface area contributed by atoms with E-state index in [2.05, 4.69) is 11.2 Å². The van der Waals surface area contributed by atoms with Gasteiger partial charge in [0.25, 0.3) is 0 Å². The zero-order valence-electron chi connectivity index (χ0n) is 17.5. The number of carbonyl (C=O) groups is 1. The van der Waals surface area contributed by atoms with Crippen molar-refractivity contribution in [3.63, 3.8) is 0 Å². The van der Waals surface area contributed by atoms with E-state index in [9.17, 15) is 4.79 Å². The first-order valence-corrected chi connectivity index (χ1v) is 9.47. The number of carbonyl (C=O) groups excluding carboxylic acids is 1. The van der Waals surface area contributed by atoms with E-state index in [4.69, 9.17) is 9.47 Å². The highest BCUT2D eigenvalue weighted by molar-refractivity contribution is 6.07. The summed E-state index contributed by atoms with van der Waals surface area (Å²) < 4.78 is 13.2. The van der Waals surface area contributed by atoms with Crippen LogP contribution in [0.4, 0.5) is 0 Å². The molecule has 0 spiro atoms. The van der Waals surface area contributed by atoms with Gasteiger partial charge in [0.15, 0.2) is 5.78 Å². The van der Waals surface area contributed by atoms with Crippen LogP contribution in [0.5, 0.6) is 11.5 Å². The second kappa shape index (κ2) is 8.78. The molecule has 0 saturated carbocycles. The van der Waals surface area contributed by atoms with Crippen molar-refractivity contribution in [2.45, 2.75) is 27.4 Å². The highest BCUT2D eigenvalue weighted by Crippen LogP contribution is 2.25. The van der Waals surface area contributed by atoms with Crippen molar-refractivity contribution >= 4 is 11.9 Å². The Labute approximate surface area is 171 Å². The van der Waals surface area contributed by atoms with E-state index in [-0.39, 0.29) is 5.78 Å². The van der Waals surface area contributed by atoms with Crippen LogP contribution >= 0.6 is 0 Å². The number of ketones is 1. The van der Waals surface area contributed by atoms with Crippen LogP contribution in [0, 0.1) is 20.8 Å². The second-order valence-corrected chi connectivity index (χ2v) is 7.13. The molecule has 0 aliphatic rings. The number of aromatic nitrogens is 2. The van der Waals surface area contributed by atoms with Gasteiger partial charge in [-0.3, -0.25) is 9.48 Å². The minimum absolute atomic E-state index is 0.0698. The van der Waals surface area contributed by atoms with Gasteiger partial charge in [-0.1, -0.05) is 24.3 Å². The van der Waals surface area contributed by atoms with Gasteiger partial charge in [-0.15, -0.1) is 0 Å². The Balaban J connectivity index is 1.78. The molecule has 0 atom stereocenters. The van der Waals surface area contributed by atoms with Crippen molar-refractivity contribution in [3.05, 3.63) is 82.2 Å². The predicted octanol–water partition coefficient (Wildman–Crippen LogP) is 4.83. The number of rotatable bonds is 7. The van der Waals surface area contributed by atoms with Gasteiger partial charge in [-0.25, -0.2) is 0 Å². The predicted molar refractivity (Wildman–Crippen MR) is 115 cm³/mol. The first-order valence-electron chi connectivity index (χ1n) is 9.47. The molecule has 5 nitrogen and oxygen atoms in total. The van der Waals surface area contributed by atoms with Gasteiger partial charge in [0.05, 0.1) is 18.4 Å². The molecule has 3 aromatic rings. The Morgan fingerprint density at radius 1 is 1.10 bits per heavy atom. The number of methoxy groups -OCH3 is 1. The number of allylic oxidation sites excluding steroid dienone is 1. The maximum Gasteiger partial charge on any atom is 0.189 e. The third-order valence-corrected chi connectivity index (χ3v) is 4.74. The average Bonchev–Trinajstić information content (AvgIpc) is 3.05. The smallest absolute Gasteiger partial charge is 0.189 e. The maximum absolute atomic E-state index is 12.5. The van der Waals surface area contributed by atoms with E-state index in [1.165, 1.54) is 0 Å². The molecular formula is C24H26N2O3. The number of benzene rings is 2. The van der Waals surface area contributed by atoms with E-state index >= 15 is 0 Å². The van der Waals surface area contributed by atoms with Gasteiger partial charge in [0.1, 0.15) is 18.1 Å². The molecule has 0 radical (unpaired) electrons. The molecular weight excluding hydrogens is 364 g/mol. The molecule has 1 heterocycles. The van der Waals surface area contributed by atoms with E-state index in [1.807, 2.05) is 51.1 Å². The number of hydrogen-bond donors (Lipinski definition) is 0. The Morgan fingerprint density at radius 3 is 2.59 bits per heavy atom. The van der Waals surface area contributed by atoms with E-state index in [1.54, 1.807) is 37.2 Å². The lowest BCUT2D eigenvalue weighted by Gasteiger charge is -2.13. The summed E-state index contributed by atoms with van der Waals surface area (Å²) in [6.07, 6.45) is 5.11. The lowest BCUT2D eigenvalue weighted by Crippen LogP contribution is -2.01. The molecule has 0 aliphatic carbocycles. The van der Waals surface area contributed by atoms with Gasteiger partial charge in [0.2, 0.25) is 0 Å². The van der Waals surface area contributed by atoms with Crippen molar-refractivity contribution in [2.75, 3.05) is 7.11 Å². The zero-order valence-corrected chi connectivity index (χ0v) is 17.5. The lowest BCUT2D eigenvalue weighted by molar-refractivity contribution is 0.104. The highest BCUT2D eigenvalue weighted by atomic mass is 16.5. The summed E-state index contributed by atoms with van der Waals surface area (Å²) in [5.74, 6) is 1.54. The molecule has 5 heteroatoms. The summed E-state index contributed by atoms with van der Waals surface area (Å²) in [4.78, 5) is 12.5. The molecule has 3 rings (SSSR count). The fourth-order valence-electron chi connectivity index (χ4n) is 3.14. The van der Waals surface area contributed by atoms with Gasteiger partial charge in [-0.2, -0.15) is 5.10 Å². The summed E-state index contributed by atoms with van der Waals surface area (Å²) in [6.45, 7) is 6.28. The summed E-state index contributed by atoms with van der Waals surface area (Å²) >= 11 is 0. The van der Waals surface area contributed by atoms with Crippen molar-refractivity contribution in [3.8, 4) is 11.5 Å². The van der Waals surface area contributed by atoms with Crippen LogP contribution in [-0.4, -0.2) is 22.7 Å². The van der Waals surface area contributed by atoms with Crippen LogP contribution in [0.1, 0.15) is 38.3 Å². The molecule has 0 saturated heterocycles. The van der Waals surface area contributed by atoms with Gasteiger partial charge in [-0.05, 0) is 61.7 Å². The van der Waals surface area contributed by atoms with E-state index < -0.39 is 0 Å². The third kappa shape index (κ3) is 4.93. The Morgan fingerprint density at radius 2 is 1.90 bits per heavy atom. The Bertz CT molecular complexity index is 1060. The standard InChI is InChI=1S/C24H26N2O3/c1-16-6-7-17(2)24(12-16)29-15-20-13-19(9-11-23(20)28-5)8-10-22(27)21-14-26(4)25-18(21)3/h6-14H,15H2,1-5H3/b10-8+. The van der Waals surface area contributed by atoms with Crippen LogP contribution in [0.2, 0.25) is 0 Å². The van der Waals surface area contributed by atoms with Crippen molar-refractivity contribution in [2.24, 2.45) is 7.05 Å². The van der Waals surface area contributed by atoms with Crippen LogP contribution in [0.25, 0.3) is 6.08 Å². The van der Waals surface area contributed by atoms with Crippen LogP contribution < -0.4 is 9.47 Å². The Hall–Kier alpha value is -3.34. The quantitative estimate of drug-likeness (QED) is 0.428. The highest BCUT2D eigenvalue weighted by Gasteiger charge is 2.10. The number of nitrogens with zero attached hydrogens (tertiary/aromatic N) is 2. The van der Waals surface area contributed by atoms with Crippen molar-refractivity contribution < 1.29 is 14.3 Å². The van der Waals surface area contributed by atoms with E-state index in [0.29, 0.717) is 12.2 Å². The van der Waals surface area contributed by atoms with Gasteiger partial charge in [0, 0.05) is 18.8 Å². The molecule has 2 aromatic carbocycles. The van der Waals surface area contributed by atoms with Crippen LogP contribution in [0.15, 0.2) is 48.7 Å². The number of aryl methyl sites for hydroxylation is 4. The third-order valence-electron chi connectivity index (χ3n) is 4.74. The zero-order chi connectivity index (χ0) is 21.0. The molecule has 0 unspecified atom stereocenters. The fraction of sp³-hybridized carbons (Fsp3) is 0.250. The summed E-state index contributed by atoms with van der Waals surface area (Å²) in [5.41, 5.74) is 5.39. The average molecular weight is 390 g/mol. The first-order chi connectivity index (χ1) is 13.9. The minimum atomic E-state index is -0.0698. The van der Waals surface area contributed by atoms with Crippen molar-refractivity contribution in [1.29, 1.82) is 0 Å². The van der Waals surface area contributed by atoms with E-state index in [0.717, 1.165) is 39.4 Å². The topological polar surface area (TPSA) is 53.4 Å². The normalized spacial score (nSPS) is 11.1. The minimum Gasteiger partial charge on any atom is -0.496 e. The maximum atomic E-state index is 12.5. The molecule has 29 heavy (non-hydrogen) atoms. The second-order valence-electron chi connectivity index (χ2n) is 7.13. The molecule has 150 valence electrons. The molecule has 1 aromatic heterocycles. The SMILES string of the molecule is COc1ccc(/C=C/C(=O)c2cn(C)nc2C)cc1COc1cc(C)ccc1C. The Kier molecular flexibility index (Phi) is 6.17. The first kappa shape index (κ1) is 20.4. The largest absolute Gasteiger partial charge is 0.496 e. The molecule has 0 bridgehead atoms. The monoisotopic (exact) mass is 390 g/mol. The van der Waals surface area contributed by atoms with Gasteiger partial charge >= 0.3 is 0 Å². The number of hydrogen-bond acceptors (Lipinski definition) is 4.